The molecule has 5 heteroatoms. The third-order valence-corrected chi connectivity index (χ3v) is 2.91. The smallest absolute Gasteiger partial charge is 0.335 e. The minimum atomic E-state index is -1.05. The second-order valence-corrected chi connectivity index (χ2v) is 4.64. The molecule has 20 heavy (non-hydrogen) atoms. The van der Waals surface area contributed by atoms with Gasteiger partial charge in [0.1, 0.15) is 5.82 Å². The number of benzene rings is 1. The van der Waals surface area contributed by atoms with E-state index in [1.54, 1.807) is 12.4 Å². The van der Waals surface area contributed by atoms with Crippen LogP contribution < -0.4 is 0 Å². The molecule has 0 spiro atoms. The Balaban J connectivity index is 2.09. The van der Waals surface area contributed by atoms with E-state index in [1.807, 2.05) is 24.1 Å². The Hall–Kier alpha value is -2.27. The number of halogens is 1. The van der Waals surface area contributed by atoms with Gasteiger partial charge in [-0.1, -0.05) is 6.07 Å². The van der Waals surface area contributed by atoms with Crippen LogP contribution in [0.5, 0.6) is 0 Å². The number of hydrogen-bond acceptors (Lipinski definition) is 3. The minimum Gasteiger partial charge on any atom is -0.478 e. The fourth-order valence-electron chi connectivity index (χ4n) is 1.98. The van der Waals surface area contributed by atoms with Gasteiger partial charge in [0.25, 0.3) is 0 Å². The third-order valence-electron chi connectivity index (χ3n) is 2.91. The summed E-state index contributed by atoms with van der Waals surface area (Å²) in [6.07, 6.45) is 3.44. The lowest BCUT2D eigenvalue weighted by Crippen LogP contribution is -2.18. The van der Waals surface area contributed by atoms with Crippen molar-refractivity contribution in [3.63, 3.8) is 0 Å². The Kier molecular flexibility index (Phi) is 4.42. The number of hydrogen-bond donors (Lipinski definition) is 1. The van der Waals surface area contributed by atoms with Gasteiger partial charge >= 0.3 is 5.97 Å². The highest BCUT2D eigenvalue weighted by Gasteiger charge is 2.10. The van der Waals surface area contributed by atoms with Crippen LogP contribution in [0.15, 0.2) is 42.7 Å². The molecule has 0 atom stereocenters. The molecule has 0 aliphatic carbocycles. The maximum absolute atomic E-state index is 13.7. The summed E-state index contributed by atoms with van der Waals surface area (Å²) in [6.45, 7) is 0.951. The minimum absolute atomic E-state index is 0.0937. The maximum atomic E-state index is 13.7. The molecule has 1 N–H and O–H groups in total. The number of nitrogens with zero attached hydrogens (tertiary/aromatic N) is 2. The van der Waals surface area contributed by atoms with Gasteiger partial charge in [0, 0.05) is 31.0 Å². The van der Waals surface area contributed by atoms with Crippen LogP contribution in [-0.2, 0) is 13.1 Å². The topological polar surface area (TPSA) is 53.4 Å². The van der Waals surface area contributed by atoms with Crippen molar-refractivity contribution < 1.29 is 14.3 Å². The molecule has 0 aliphatic heterocycles. The van der Waals surface area contributed by atoms with E-state index in [4.69, 9.17) is 5.11 Å². The highest BCUT2D eigenvalue weighted by atomic mass is 19.1. The molecule has 104 valence electrons. The Morgan fingerprint density at radius 2 is 2.15 bits per heavy atom. The summed E-state index contributed by atoms with van der Waals surface area (Å²) < 4.78 is 13.7. The molecule has 0 fully saturated rings. The number of carboxylic acids is 1. The average molecular weight is 274 g/mol. The Morgan fingerprint density at radius 3 is 2.80 bits per heavy atom. The SMILES string of the molecule is CN(Cc1cccnc1)Cc1cc(C(=O)O)ccc1F. The van der Waals surface area contributed by atoms with Crippen LogP contribution >= 0.6 is 0 Å². The zero-order valence-electron chi connectivity index (χ0n) is 11.1. The zero-order valence-corrected chi connectivity index (χ0v) is 11.1. The lowest BCUT2D eigenvalue weighted by Gasteiger charge is -2.17. The van der Waals surface area contributed by atoms with Crippen LogP contribution in [0.2, 0.25) is 0 Å². The molecular formula is C15H15FN2O2. The second kappa shape index (κ2) is 6.25. The van der Waals surface area contributed by atoms with Crippen LogP contribution in [0.1, 0.15) is 21.5 Å². The Morgan fingerprint density at radius 1 is 1.35 bits per heavy atom. The average Bonchev–Trinajstić information content (AvgIpc) is 2.42. The lowest BCUT2D eigenvalue weighted by molar-refractivity contribution is 0.0696. The van der Waals surface area contributed by atoms with E-state index in [0.717, 1.165) is 5.56 Å². The van der Waals surface area contributed by atoms with Gasteiger partial charge in [0.05, 0.1) is 5.56 Å². The molecule has 0 amide bonds. The molecule has 1 heterocycles. The zero-order chi connectivity index (χ0) is 14.5. The van der Waals surface area contributed by atoms with Crippen LogP contribution in [0, 0.1) is 5.82 Å². The van der Waals surface area contributed by atoms with Crippen molar-refractivity contribution in [2.45, 2.75) is 13.1 Å². The van der Waals surface area contributed by atoms with Gasteiger partial charge in [-0.25, -0.2) is 9.18 Å². The summed E-state index contributed by atoms with van der Waals surface area (Å²) >= 11 is 0. The monoisotopic (exact) mass is 274 g/mol. The summed E-state index contributed by atoms with van der Waals surface area (Å²) in [7, 11) is 1.85. The van der Waals surface area contributed by atoms with Crippen molar-refractivity contribution in [1.29, 1.82) is 0 Å². The highest BCUT2D eigenvalue weighted by Crippen LogP contribution is 2.14. The van der Waals surface area contributed by atoms with Crippen molar-refractivity contribution >= 4 is 5.97 Å². The van der Waals surface area contributed by atoms with Crippen LogP contribution in [0.3, 0.4) is 0 Å². The molecular weight excluding hydrogens is 259 g/mol. The molecule has 0 bridgehead atoms. The predicted molar refractivity (Wildman–Crippen MR) is 72.8 cm³/mol. The second-order valence-electron chi connectivity index (χ2n) is 4.64. The lowest BCUT2D eigenvalue weighted by atomic mass is 10.1. The van der Waals surface area contributed by atoms with Crippen LogP contribution in [0.25, 0.3) is 0 Å². The van der Waals surface area contributed by atoms with E-state index in [0.29, 0.717) is 18.7 Å². The van der Waals surface area contributed by atoms with Crippen molar-refractivity contribution in [2.24, 2.45) is 0 Å². The Labute approximate surface area is 116 Å². The molecule has 0 radical (unpaired) electrons. The predicted octanol–water partition coefficient (Wildman–Crippen LogP) is 2.55. The first-order valence-corrected chi connectivity index (χ1v) is 6.15. The van der Waals surface area contributed by atoms with Gasteiger partial charge in [-0.15, -0.1) is 0 Å². The van der Waals surface area contributed by atoms with Gasteiger partial charge in [-0.3, -0.25) is 9.88 Å². The van der Waals surface area contributed by atoms with Crippen LogP contribution in [-0.4, -0.2) is 28.0 Å². The molecule has 0 saturated carbocycles. The standard InChI is InChI=1S/C15H15FN2O2/c1-18(9-11-3-2-6-17-8-11)10-13-7-12(15(19)20)4-5-14(13)16/h2-8H,9-10H2,1H3,(H,19,20). The van der Waals surface area contributed by atoms with Crippen molar-refractivity contribution in [3.8, 4) is 0 Å². The molecule has 1 aromatic heterocycles. The van der Waals surface area contributed by atoms with Gasteiger partial charge in [-0.2, -0.15) is 0 Å². The van der Waals surface area contributed by atoms with E-state index in [-0.39, 0.29) is 5.56 Å². The number of rotatable bonds is 5. The first kappa shape index (κ1) is 14.1. The molecule has 2 rings (SSSR count). The largest absolute Gasteiger partial charge is 0.478 e. The first-order chi connectivity index (χ1) is 9.56. The molecule has 0 aliphatic rings. The van der Waals surface area contributed by atoms with Gasteiger partial charge in [0.15, 0.2) is 0 Å². The normalized spacial score (nSPS) is 10.8. The summed E-state index contributed by atoms with van der Waals surface area (Å²) in [5.74, 6) is -1.45. The fourth-order valence-corrected chi connectivity index (χ4v) is 1.98. The fraction of sp³-hybridized carbons (Fsp3) is 0.200. The van der Waals surface area contributed by atoms with Crippen molar-refractivity contribution in [2.75, 3.05) is 7.05 Å². The summed E-state index contributed by atoms with van der Waals surface area (Å²) in [6, 6.07) is 7.61. The van der Waals surface area contributed by atoms with Gasteiger partial charge in [0.2, 0.25) is 0 Å². The number of aromatic nitrogens is 1. The highest BCUT2D eigenvalue weighted by molar-refractivity contribution is 5.87. The van der Waals surface area contributed by atoms with Crippen molar-refractivity contribution in [1.82, 2.24) is 9.88 Å². The third kappa shape index (κ3) is 3.61. The number of pyridine rings is 1. The molecule has 4 nitrogen and oxygen atoms in total. The molecule has 2 aromatic rings. The first-order valence-electron chi connectivity index (χ1n) is 6.15. The van der Waals surface area contributed by atoms with Crippen molar-refractivity contribution in [3.05, 3.63) is 65.2 Å². The summed E-state index contributed by atoms with van der Waals surface area (Å²) in [5, 5.41) is 8.93. The van der Waals surface area contributed by atoms with E-state index in [9.17, 15) is 9.18 Å². The summed E-state index contributed by atoms with van der Waals surface area (Å²) in [4.78, 5) is 16.8. The quantitative estimate of drug-likeness (QED) is 0.910. The molecule has 1 aromatic carbocycles. The van der Waals surface area contributed by atoms with Crippen LogP contribution in [0.4, 0.5) is 4.39 Å². The number of carbonyl (C=O) groups is 1. The molecule has 0 unspecified atom stereocenters. The summed E-state index contributed by atoms with van der Waals surface area (Å²) in [5.41, 5.74) is 1.48. The van der Waals surface area contributed by atoms with E-state index < -0.39 is 11.8 Å². The van der Waals surface area contributed by atoms with Gasteiger partial charge < -0.3 is 5.11 Å². The maximum Gasteiger partial charge on any atom is 0.335 e. The number of aromatic carboxylic acids is 1. The van der Waals surface area contributed by atoms with E-state index >= 15 is 0 Å². The van der Waals surface area contributed by atoms with E-state index in [2.05, 4.69) is 4.98 Å². The number of carboxylic acid groups (broad SMARTS) is 1. The molecule has 0 saturated heterocycles. The van der Waals surface area contributed by atoms with Gasteiger partial charge in [-0.05, 0) is 36.9 Å². The van der Waals surface area contributed by atoms with E-state index in [1.165, 1.54) is 18.2 Å². The Bertz CT molecular complexity index is 602.